The molecule has 0 radical (unpaired) electrons. The topological polar surface area (TPSA) is 59.8 Å². The third-order valence-corrected chi connectivity index (χ3v) is 4.02. The summed E-state index contributed by atoms with van der Waals surface area (Å²) in [5, 5.41) is 7.57. The molecule has 5 nitrogen and oxygen atoms in total. The maximum atomic E-state index is 11.2. The first-order chi connectivity index (χ1) is 12.0. The molecule has 0 bridgehead atoms. The first kappa shape index (κ1) is 16.9. The van der Waals surface area contributed by atoms with Gasteiger partial charge in [0.15, 0.2) is 5.82 Å². The predicted molar refractivity (Wildman–Crippen MR) is 98.7 cm³/mol. The van der Waals surface area contributed by atoms with Crippen molar-refractivity contribution in [2.45, 2.75) is 27.2 Å². The van der Waals surface area contributed by atoms with Crippen LogP contribution in [0.2, 0.25) is 0 Å². The standard InChI is InChI=1S/C20H22N4O/c1-14-9-10-15(2)18(13-14)24-19(11-12-21-16(3)25)22-20(23-24)17-7-5-4-6-8-17/h4-10,13H,11-12H2,1-3H3,(H,21,25). The molecule has 0 saturated carbocycles. The summed E-state index contributed by atoms with van der Waals surface area (Å²) in [4.78, 5) is 15.9. The Morgan fingerprint density at radius 1 is 1.12 bits per heavy atom. The molecule has 0 atom stereocenters. The van der Waals surface area contributed by atoms with Gasteiger partial charge in [-0.2, -0.15) is 0 Å². The number of carbonyl (C=O) groups is 1. The van der Waals surface area contributed by atoms with Crippen LogP contribution in [0.1, 0.15) is 23.9 Å². The van der Waals surface area contributed by atoms with Crippen molar-refractivity contribution in [1.29, 1.82) is 0 Å². The van der Waals surface area contributed by atoms with E-state index in [2.05, 4.69) is 37.4 Å². The molecular weight excluding hydrogens is 312 g/mol. The van der Waals surface area contributed by atoms with Crippen molar-refractivity contribution in [2.24, 2.45) is 0 Å². The van der Waals surface area contributed by atoms with Gasteiger partial charge in [-0.05, 0) is 31.0 Å². The summed E-state index contributed by atoms with van der Waals surface area (Å²) < 4.78 is 1.90. The number of carbonyl (C=O) groups excluding carboxylic acids is 1. The van der Waals surface area contributed by atoms with Gasteiger partial charge in [-0.3, -0.25) is 4.79 Å². The Labute approximate surface area is 147 Å². The summed E-state index contributed by atoms with van der Waals surface area (Å²) in [5.74, 6) is 1.49. The summed E-state index contributed by atoms with van der Waals surface area (Å²) in [7, 11) is 0. The fourth-order valence-corrected chi connectivity index (χ4v) is 2.71. The number of hydrogen-bond acceptors (Lipinski definition) is 3. The Bertz CT molecular complexity index is 884. The number of rotatable bonds is 5. The van der Waals surface area contributed by atoms with E-state index in [1.807, 2.05) is 35.0 Å². The van der Waals surface area contributed by atoms with E-state index in [9.17, 15) is 4.79 Å². The van der Waals surface area contributed by atoms with E-state index < -0.39 is 0 Å². The molecule has 0 fully saturated rings. The van der Waals surface area contributed by atoms with Gasteiger partial charge in [0.05, 0.1) is 5.69 Å². The zero-order valence-electron chi connectivity index (χ0n) is 14.8. The molecule has 1 aromatic heterocycles. The predicted octanol–water partition coefficient (Wildman–Crippen LogP) is 3.23. The highest BCUT2D eigenvalue weighted by Crippen LogP contribution is 2.21. The van der Waals surface area contributed by atoms with Crippen molar-refractivity contribution in [3.05, 3.63) is 65.5 Å². The second-order valence-corrected chi connectivity index (χ2v) is 6.15. The van der Waals surface area contributed by atoms with Gasteiger partial charge >= 0.3 is 0 Å². The lowest BCUT2D eigenvalue weighted by atomic mass is 10.1. The van der Waals surface area contributed by atoms with E-state index >= 15 is 0 Å². The average Bonchev–Trinajstić information content (AvgIpc) is 3.01. The van der Waals surface area contributed by atoms with Crippen LogP contribution < -0.4 is 5.32 Å². The van der Waals surface area contributed by atoms with Gasteiger partial charge < -0.3 is 5.32 Å². The third kappa shape index (κ3) is 3.94. The lowest BCUT2D eigenvalue weighted by Crippen LogP contribution is -2.23. The molecule has 0 unspecified atom stereocenters. The van der Waals surface area contributed by atoms with E-state index in [-0.39, 0.29) is 5.91 Å². The molecule has 0 saturated heterocycles. The molecule has 3 rings (SSSR count). The van der Waals surface area contributed by atoms with Crippen LogP contribution in [0.5, 0.6) is 0 Å². The fourth-order valence-electron chi connectivity index (χ4n) is 2.71. The van der Waals surface area contributed by atoms with E-state index in [1.165, 1.54) is 12.5 Å². The minimum Gasteiger partial charge on any atom is -0.356 e. The van der Waals surface area contributed by atoms with Crippen LogP contribution >= 0.6 is 0 Å². The van der Waals surface area contributed by atoms with Gasteiger partial charge in [-0.25, -0.2) is 9.67 Å². The van der Waals surface area contributed by atoms with Crippen LogP contribution in [0, 0.1) is 13.8 Å². The van der Waals surface area contributed by atoms with Crippen molar-refractivity contribution in [3.8, 4) is 17.1 Å². The van der Waals surface area contributed by atoms with Crippen LogP contribution in [0.15, 0.2) is 48.5 Å². The van der Waals surface area contributed by atoms with Crippen LogP contribution in [-0.4, -0.2) is 27.2 Å². The quantitative estimate of drug-likeness (QED) is 0.779. The molecule has 1 N–H and O–H groups in total. The second kappa shape index (κ2) is 7.30. The zero-order chi connectivity index (χ0) is 17.8. The highest BCUT2D eigenvalue weighted by molar-refractivity contribution is 5.72. The van der Waals surface area contributed by atoms with Crippen LogP contribution in [0.25, 0.3) is 17.1 Å². The van der Waals surface area contributed by atoms with Crippen molar-refractivity contribution in [1.82, 2.24) is 20.1 Å². The molecule has 1 heterocycles. The van der Waals surface area contributed by atoms with Gasteiger partial charge in [-0.15, -0.1) is 5.10 Å². The highest BCUT2D eigenvalue weighted by Gasteiger charge is 2.14. The normalized spacial score (nSPS) is 10.7. The molecule has 0 aliphatic rings. The maximum Gasteiger partial charge on any atom is 0.216 e. The van der Waals surface area contributed by atoms with Crippen molar-refractivity contribution in [3.63, 3.8) is 0 Å². The number of nitrogens with zero attached hydrogens (tertiary/aromatic N) is 3. The first-order valence-electron chi connectivity index (χ1n) is 8.38. The van der Waals surface area contributed by atoms with Gasteiger partial charge in [0.1, 0.15) is 5.82 Å². The molecule has 0 aliphatic heterocycles. The number of amides is 1. The minimum absolute atomic E-state index is 0.0407. The van der Waals surface area contributed by atoms with Gasteiger partial charge in [-0.1, -0.05) is 42.5 Å². The first-order valence-corrected chi connectivity index (χ1v) is 8.38. The number of aromatic nitrogens is 3. The van der Waals surface area contributed by atoms with E-state index in [1.54, 1.807) is 0 Å². The average molecular weight is 334 g/mol. The number of hydrogen-bond donors (Lipinski definition) is 1. The highest BCUT2D eigenvalue weighted by atomic mass is 16.1. The minimum atomic E-state index is -0.0407. The van der Waals surface area contributed by atoms with Crippen LogP contribution in [0.3, 0.4) is 0 Å². The Kier molecular flexibility index (Phi) is 4.93. The number of aryl methyl sites for hydroxylation is 2. The third-order valence-electron chi connectivity index (χ3n) is 4.02. The number of benzene rings is 2. The lowest BCUT2D eigenvalue weighted by molar-refractivity contribution is -0.118. The molecule has 3 aromatic rings. The summed E-state index contributed by atoms with van der Waals surface area (Å²) in [6.07, 6.45) is 0.618. The van der Waals surface area contributed by atoms with Crippen molar-refractivity contribution in [2.75, 3.05) is 6.54 Å². The molecule has 2 aromatic carbocycles. The molecule has 0 aliphatic carbocycles. The molecular formula is C20H22N4O. The Hall–Kier alpha value is -2.95. The largest absolute Gasteiger partial charge is 0.356 e. The molecule has 25 heavy (non-hydrogen) atoms. The van der Waals surface area contributed by atoms with Gasteiger partial charge in [0, 0.05) is 25.5 Å². The summed E-state index contributed by atoms with van der Waals surface area (Å²) in [5.41, 5.74) is 4.31. The summed E-state index contributed by atoms with van der Waals surface area (Å²) in [6.45, 7) is 6.18. The molecule has 1 amide bonds. The molecule has 5 heteroatoms. The monoisotopic (exact) mass is 334 g/mol. The SMILES string of the molecule is CC(=O)NCCc1nc(-c2ccccc2)nn1-c1cc(C)ccc1C. The van der Waals surface area contributed by atoms with Crippen LogP contribution in [-0.2, 0) is 11.2 Å². The Morgan fingerprint density at radius 2 is 1.88 bits per heavy atom. The molecule has 0 spiro atoms. The summed E-state index contributed by atoms with van der Waals surface area (Å²) in [6, 6.07) is 16.2. The van der Waals surface area contributed by atoms with E-state index in [0.29, 0.717) is 18.8 Å². The molecule has 128 valence electrons. The smallest absolute Gasteiger partial charge is 0.216 e. The van der Waals surface area contributed by atoms with Crippen LogP contribution in [0.4, 0.5) is 0 Å². The zero-order valence-corrected chi connectivity index (χ0v) is 14.8. The van der Waals surface area contributed by atoms with Gasteiger partial charge in [0.25, 0.3) is 0 Å². The summed E-state index contributed by atoms with van der Waals surface area (Å²) >= 11 is 0. The fraction of sp³-hybridized carbons (Fsp3) is 0.250. The van der Waals surface area contributed by atoms with E-state index in [0.717, 1.165) is 22.6 Å². The Balaban J connectivity index is 2.03. The van der Waals surface area contributed by atoms with Gasteiger partial charge in [0.2, 0.25) is 5.91 Å². The van der Waals surface area contributed by atoms with Crippen molar-refractivity contribution >= 4 is 5.91 Å². The lowest BCUT2D eigenvalue weighted by Gasteiger charge is -2.10. The maximum absolute atomic E-state index is 11.2. The van der Waals surface area contributed by atoms with E-state index in [4.69, 9.17) is 10.1 Å². The Morgan fingerprint density at radius 3 is 2.60 bits per heavy atom. The number of nitrogens with one attached hydrogen (secondary N) is 1. The van der Waals surface area contributed by atoms with Crippen molar-refractivity contribution < 1.29 is 4.79 Å². The second-order valence-electron chi connectivity index (χ2n) is 6.15.